The number of nitrogens with zero attached hydrogens (tertiary/aromatic N) is 4. The molecular formula is C21H30N4O4. The number of pyridine rings is 1. The van der Waals surface area contributed by atoms with Crippen molar-refractivity contribution in [2.24, 2.45) is 11.8 Å². The normalized spacial score (nSPS) is 27.2. The Morgan fingerprint density at radius 2 is 1.97 bits per heavy atom. The van der Waals surface area contributed by atoms with E-state index < -0.39 is 6.10 Å². The Kier molecular flexibility index (Phi) is 6.12. The van der Waals surface area contributed by atoms with Crippen LogP contribution in [-0.2, 0) is 17.7 Å². The maximum Gasteiger partial charge on any atom is 0.240 e. The zero-order valence-corrected chi connectivity index (χ0v) is 17.4. The molecule has 2 fully saturated rings. The van der Waals surface area contributed by atoms with Crippen LogP contribution in [0.15, 0.2) is 16.7 Å². The second-order valence-electron chi connectivity index (χ2n) is 8.29. The molecular weight excluding hydrogens is 372 g/mol. The summed E-state index contributed by atoms with van der Waals surface area (Å²) in [4.78, 5) is 11.3. The summed E-state index contributed by atoms with van der Waals surface area (Å²) < 4.78 is 16.6. The van der Waals surface area contributed by atoms with Crippen LogP contribution < -0.4 is 4.74 Å². The molecule has 158 valence electrons. The fourth-order valence-corrected chi connectivity index (χ4v) is 4.55. The molecule has 0 spiro atoms. The number of methoxy groups -OCH3 is 1. The quantitative estimate of drug-likeness (QED) is 0.751. The van der Waals surface area contributed by atoms with Crippen molar-refractivity contribution in [1.29, 1.82) is 0 Å². The molecule has 3 heterocycles. The van der Waals surface area contributed by atoms with E-state index in [9.17, 15) is 5.11 Å². The van der Waals surface area contributed by atoms with Crippen molar-refractivity contribution in [3.05, 3.63) is 35.2 Å². The second kappa shape index (κ2) is 8.77. The topological polar surface area (TPSA) is 93.7 Å². The van der Waals surface area contributed by atoms with Crippen molar-refractivity contribution < 1.29 is 19.1 Å². The van der Waals surface area contributed by atoms with Crippen LogP contribution in [0.3, 0.4) is 0 Å². The van der Waals surface area contributed by atoms with E-state index in [-0.39, 0.29) is 6.10 Å². The summed E-state index contributed by atoms with van der Waals surface area (Å²) in [5.74, 6) is 3.06. The first kappa shape index (κ1) is 20.3. The molecule has 0 aromatic carbocycles. The van der Waals surface area contributed by atoms with Gasteiger partial charge in [-0.1, -0.05) is 5.16 Å². The highest BCUT2D eigenvalue weighted by Crippen LogP contribution is 2.38. The number of aliphatic hydroxyl groups excluding tert-OH is 1. The second-order valence-corrected chi connectivity index (χ2v) is 8.29. The van der Waals surface area contributed by atoms with Crippen molar-refractivity contribution in [3.8, 4) is 5.75 Å². The van der Waals surface area contributed by atoms with Gasteiger partial charge in [0.2, 0.25) is 5.89 Å². The molecule has 1 saturated carbocycles. The molecule has 0 radical (unpaired) electrons. The van der Waals surface area contributed by atoms with E-state index in [1.165, 1.54) is 0 Å². The maximum absolute atomic E-state index is 10.7. The zero-order valence-electron chi connectivity index (χ0n) is 17.4. The Morgan fingerprint density at radius 1 is 1.17 bits per heavy atom. The zero-order chi connectivity index (χ0) is 20.4. The van der Waals surface area contributed by atoms with Crippen LogP contribution in [0, 0.1) is 25.7 Å². The van der Waals surface area contributed by atoms with Gasteiger partial charge in [-0.2, -0.15) is 4.98 Å². The van der Waals surface area contributed by atoms with Crippen LogP contribution >= 0.6 is 0 Å². The number of hydrogen-bond donors (Lipinski definition) is 1. The number of aromatic nitrogens is 3. The van der Waals surface area contributed by atoms with Gasteiger partial charge in [0, 0.05) is 32.3 Å². The third-order valence-corrected chi connectivity index (χ3v) is 6.01. The van der Waals surface area contributed by atoms with E-state index in [2.05, 4.69) is 20.0 Å². The molecule has 4 atom stereocenters. The number of likely N-dealkylation sites (tertiary alicyclic amines) is 1. The molecule has 0 amide bonds. The van der Waals surface area contributed by atoms with Crippen molar-refractivity contribution in [3.63, 3.8) is 0 Å². The fourth-order valence-electron chi connectivity index (χ4n) is 4.55. The lowest BCUT2D eigenvalue weighted by Crippen LogP contribution is -2.42. The van der Waals surface area contributed by atoms with Gasteiger partial charge in [-0.25, -0.2) is 0 Å². The van der Waals surface area contributed by atoms with Gasteiger partial charge in [-0.05, 0) is 50.7 Å². The average molecular weight is 402 g/mol. The molecule has 2 aromatic heterocycles. The SMILES string of the molecule is COCCc1noc(CN2C[C@H]3C[C@@H](Oc4ccc(C)nc4C)[C@H](O)C[C@H]3C2)n1. The summed E-state index contributed by atoms with van der Waals surface area (Å²) in [6, 6.07) is 3.90. The monoisotopic (exact) mass is 402 g/mol. The summed E-state index contributed by atoms with van der Waals surface area (Å²) in [5, 5.41) is 14.7. The van der Waals surface area contributed by atoms with E-state index in [4.69, 9.17) is 14.0 Å². The molecule has 1 aliphatic heterocycles. The number of rotatable bonds is 7. The van der Waals surface area contributed by atoms with Crippen LogP contribution in [0.25, 0.3) is 0 Å². The van der Waals surface area contributed by atoms with Gasteiger partial charge in [0.1, 0.15) is 11.9 Å². The van der Waals surface area contributed by atoms with Gasteiger partial charge >= 0.3 is 0 Å². The first-order valence-corrected chi connectivity index (χ1v) is 10.3. The molecule has 1 aliphatic carbocycles. The van der Waals surface area contributed by atoms with E-state index >= 15 is 0 Å². The molecule has 2 aromatic rings. The van der Waals surface area contributed by atoms with Crippen LogP contribution in [-0.4, -0.2) is 64.1 Å². The van der Waals surface area contributed by atoms with Crippen molar-refractivity contribution in [2.75, 3.05) is 26.8 Å². The maximum atomic E-state index is 10.7. The number of hydrogen-bond acceptors (Lipinski definition) is 8. The van der Waals surface area contributed by atoms with Crippen molar-refractivity contribution >= 4 is 0 Å². The smallest absolute Gasteiger partial charge is 0.240 e. The lowest BCUT2D eigenvalue weighted by Gasteiger charge is -2.35. The third-order valence-electron chi connectivity index (χ3n) is 6.01. The van der Waals surface area contributed by atoms with Gasteiger partial charge in [-0.15, -0.1) is 0 Å². The summed E-state index contributed by atoms with van der Waals surface area (Å²) in [5.41, 5.74) is 1.84. The summed E-state index contributed by atoms with van der Waals surface area (Å²) in [6.07, 6.45) is 1.61. The van der Waals surface area contributed by atoms with Crippen LogP contribution in [0.5, 0.6) is 5.75 Å². The minimum atomic E-state index is -0.457. The highest BCUT2D eigenvalue weighted by atomic mass is 16.5. The number of fused-ring (bicyclic) bond motifs is 1. The predicted octanol–water partition coefficient (Wildman–Crippen LogP) is 1.92. The van der Waals surface area contributed by atoms with Crippen molar-refractivity contribution in [2.45, 2.75) is 51.9 Å². The molecule has 29 heavy (non-hydrogen) atoms. The third kappa shape index (κ3) is 4.76. The minimum absolute atomic E-state index is 0.191. The number of aryl methyl sites for hydroxylation is 2. The van der Waals surface area contributed by atoms with Gasteiger partial charge in [0.05, 0.1) is 24.9 Å². The Balaban J connectivity index is 1.34. The summed E-state index contributed by atoms with van der Waals surface area (Å²) in [6.45, 7) is 7.04. The average Bonchev–Trinajstić information content (AvgIpc) is 3.28. The molecule has 0 unspecified atom stereocenters. The number of aliphatic hydroxyl groups is 1. The van der Waals surface area contributed by atoms with Gasteiger partial charge in [0.15, 0.2) is 5.82 Å². The Hall–Kier alpha value is -2.03. The summed E-state index contributed by atoms with van der Waals surface area (Å²) >= 11 is 0. The molecule has 2 aliphatic rings. The molecule has 1 saturated heterocycles. The first-order valence-electron chi connectivity index (χ1n) is 10.3. The van der Waals surface area contributed by atoms with Crippen molar-refractivity contribution in [1.82, 2.24) is 20.0 Å². The minimum Gasteiger partial charge on any atom is -0.486 e. The van der Waals surface area contributed by atoms with E-state index in [0.29, 0.717) is 43.1 Å². The molecule has 0 bridgehead atoms. The Bertz CT molecular complexity index is 827. The molecule has 1 N–H and O–H groups in total. The van der Waals surface area contributed by atoms with Crippen LogP contribution in [0.1, 0.15) is 35.9 Å². The molecule has 8 heteroatoms. The largest absolute Gasteiger partial charge is 0.486 e. The summed E-state index contributed by atoms with van der Waals surface area (Å²) in [7, 11) is 1.66. The number of ether oxygens (including phenoxy) is 2. The predicted molar refractivity (Wildman–Crippen MR) is 106 cm³/mol. The lowest BCUT2D eigenvalue weighted by atomic mass is 9.78. The highest BCUT2D eigenvalue weighted by molar-refractivity contribution is 5.28. The first-order chi connectivity index (χ1) is 14.0. The lowest BCUT2D eigenvalue weighted by molar-refractivity contribution is -0.0236. The van der Waals surface area contributed by atoms with Gasteiger partial charge in [-0.3, -0.25) is 9.88 Å². The van der Waals surface area contributed by atoms with E-state index in [1.807, 2.05) is 26.0 Å². The van der Waals surface area contributed by atoms with Crippen LogP contribution in [0.2, 0.25) is 0 Å². The molecule has 8 nitrogen and oxygen atoms in total. The van der Waals surface area contributed by atoms with Gasteiger partial charge in [0.25, 0.3) is 0 Å². The fraction of sp³-hybridized carbons (Fsp3) is 0.667. The van der Waals surface area contributed by atoms with Crippen LogP contribution in [0.4, 0.5) is 0 Å². The van der Waals surface area contributed by atoms with E-state index in [1.54, 1.807) is 7.11 Å². The Labute approximate surface area is 171 Å². The Morgan fingerprint density at radius 3 is 2.72 bits per heavy atom. The standard InChI is InChI=1S/C21H30N4O4/c1-13-4-5-18(14(2)22-13)28-19-9-16-11-25(10-15(16)8-17(19)26)12-21-23-20(24-29-21)6-7-27-3/h4-5,15-17,19,26H,6-12H2,1-3H3/t15-,16+,17+,19+/m0/s1. The molecule has 4 rings (SSSR count). The highest BCUT2D eigenvalue weighted by Gasteiger charge is 2.43. The van der Waals surface area contributed by atoms with E-state index in [0.717, 1.165) is 43.1 Å². The van der Waals surface area contributed by atoms with Gasteiger partial charge < -0.3 is 19.1 Å².